The summed E-state index contributed by atoms with van der Waals surface area (Å²) in [6, 6.07) is 6.72. The molecule has 1 aromatic rings. The summed E-state index contributed by atoms with van der Waals surface area (Å²) in [4.78, 5) is 2.48. The first-order chi connectivity index (χ1) is 9.66. The average Bonchev–Trinajstić information content (AvgIpc) is 2.92. The van der Waals surface area contributed by atoms with Crippen LogP contribution in [0.3, 0.4) is 0 Å². The van der Waals surface area contributed by atoms with Crippen molar-refractivity contribution in [3.8, 4) is 5.75 Å². The van der Waals surface area contributed by atoms with E-state index in [9.17, 15) is 0 Å². The number of nitrogens with zero attached hydrogens (tertiary/aromatic N) is 1. The van der Waals surface area contributed by atoms with Crippen LogP contribution in [0, 0.1) is 0 Å². The Bertz CT molecular complexity index is 417. The first-order valence-electron chi connectivity index (χ1n) is 7.52. The second-order valence-corrected chi connectivity index (χ2v) is 6.52. The maximum Gasteiger partial charge on any atom is 0.138 e. The van der Waals surface area contributed by atoms with E-state index in [1.165, 1.54) is 31.5 Å². The predicted octanol–water partition coefficient (Wildman–Crippen LogP) is 3.42. The molecule has 0 radical (unpaired) electrons. The van der Waals surface area contributed by atoms with Crippen molar-refractivity contribution in [2.24, 2.45) is 0 Å². The number of rotatable bonds is 7. The van der Waals surface area contributed by atoms with E-state index < -0.39 is 0 Å². The Labute approximate surface area is 130 Å². The fraction of sp³-hybridized carbons (Fsp3) is 0.625. The summed E-state index contributed by atoms with van der Waals surface area (Å²) < 4.78 is 7.08. The van der Waals surface area contributed by atoms with Gasteiger partial charge in [0.25, 0.3) is 0 Å². The number of likely N-dealkylation sites (tertiary alicyclic amines) is 1. The molecule has 0 amide bonds. The Balaban J connectivity index is 1.90. The minimum atomic E-state index is 0.478. The molecule has 1 N–H and O–H groups in total. The van der Waals surface area contributed by atoms with Crippen molar-refractivity contribution in [2.45, 2.75) is 39.3 Å². The quantitative estimate of drug-likeness (QED) is 0.822. The van der Waals surface area contributed by atoms with E-state index in [0.717, 1.165) is 29.9 Å². The molecule has 2 rings (SSSR count). The third-order valence-electron chi connectivity index (χ3n) is 3.60. The second kappa shape index (κ2) is 8.01. The molecule has 1 aliphatic heterocycles. The van der Waals surface area contributed by atoms with Crippen molar-refractivity contribution >= 4 is 15.9 Å². The monoisotopic (exact) mass is 340 g/mol. The molecule has 1 fully saturated rings. The highest BCUT2D eigenvalue weighted by Gasteiger charge is 2.13. The van der Waals surface area contributed by atoms with E-state index in [1.54, 1.807) is 0 Å². The topological polar surface area (TPSA) is 24.5 Å². The van der Waals surface area contributed by atoms with E-state index in [2.05, 4.69) is 52.1 Å². The highest BCUT2D eigenvalue weighted by molar-refractivity contribution is 9.10. The third-order valence-corrected chi connectivity index (χ3v) is 4.23. The Morgan fingerprint density at radius 3 is 2.75 bits per heavy atom. The van der Waals surface area contributed by atoms with E-state index in [4.69, 9.17) is 4.74 Å². The standard InChI is InChI=1S/C16H25BrN2O/c1-13(2)18-12-14-6-5-7-15(17)16(14)20-11-10-19-8-3-4-9-19/h5-7,13,18H,3-4,8-12H2,1-2H3. The molecule has 1 aliphatic rings. The molecule has 4 heteroatoms. The lowest BCUT2D eigenvalue weighted by atomic mass is 10.2. The number of hydrogen-bond acceptors (Lipinski definition) is 3. The first kappa shape index (κ1) is 15.8. The molecule has 1 saturated heterocycles. The minimum absolute atomic E-state index is 0.478. The van der Waals surface area contributed by atoms with Crippen molar-refractivity contribution in [2.75, 3.05) is 26.2 Å². The summed E-state index contributed by atoms with van der Waals surface area (Å²) in [6.07, 6.45) is 2.66. The van der Waals surface area contributed by atoms with Crippen molar-refractivity contribution in [1.82, 2.24) is 10.2 Å². The molecular weight excluding hydrogens is 316 g/mol. The third kappa shape index (κ3) is 4.76. The molecule has 1 heterocycles. The zero-order valence-electron chi connectivity index (χ0n) is 12.5. The van der Waals surface area contributed by atoms with Crippen LogP contribution in [0.15, 0.2) is 22.7 Å². The smallest absolute Gasteiger partial charge is 0.138 e. The van der Waals surface area contributed by atoms with Gasteiger partial charge in [-0.1, -0.05) is 26.0 Å². The Hall–Kier alpha value is -0.580. The Morgan fingerprint density at radius 2 is 2.05 bits per heavy atom. The summed E-state index contributed by atoms with van der Waals surface area (Å²) >= 11 is 3.60. The molecule has 0 unspecified atom stereocenters. The van der Waals surface area contributed by atoms with Gasteiger partial charge in [0.1, 0.15) is 12.4 Å². The van der Waals surface area contributed by atoms with Crippen molar-refractivity contribution in [3.63, 3.8) is 0 Å². The lowest BCUT2D eigenvalue weighted by Crippen LogP contribution is -2.26. The molecule has 0 atom stereocenters. The van der Waals surface area contributed by atoms with Gasteiger partial charge in [0, 0.05) is 24.7 Å². The maximum absolute atomic E-state index is 6.03. The molecule has 20 heavy (non-hydrogen) atoms. The van der Waals surface area contributed by atoms with E-state index in [1.807, 2.05) is 6.07 Å². The van der Waals surface area contributed by atoms with Gasteiger partial charge in [-0.3, -0.25) is 4.90 Å². The van der Waals surface area contributed by atoms with Gasteiger partial charge >= 0.3 is 0 Å². The van der Waals surface area contributed by atoms with Crippen LogP contribution in [0.2, 0.25) is 0 Å². The van der Waals surface area contributed by atoms with Crippen LogP contribution in [0.25, 0.3) is 0 Å². The van der Waals surface area contributed by atoms with Gasteiger partial charge in [-0.25, -0.2) is 0 Å². The van der Waals surface area contributed by atoms with Crippen molar-refractivity contribution in [3.05, 3.63) is 28.2 Å². The van der Waals surface area contributed by atoms with Crippen LogP contribution < -0.4 is 10.1 Å². The zero-order chi connectivity index (χ0) is 14.4. The number of halogens is 1. The fourth-order valence-electron chi connectivity index (χ4n) is 2.45. The van der Waals surface area contributed by atoms with Crippen LogP contribution >= 0.6 is 15.9 Å². The number of benzene rings is 1. The lowest BCUT2D eigenvalue weighted by Gasteiger charge is -2.18. The Morgan fingerprint density at radius 1 is 1.30 bits per heavy atom. The minimum Gasteiger partial charge on any atom is -0.491 e. The highest BCUT2D eigenvalue weighted by Crippen LogP contribution is 2.29. The molecular formula is C16H25BrN2O. The number of para-hydroxylation sites is 1. The van der Waals surface area contributed by atoms with Gasteiger partial charge in [-0.2, -0.15) is 0 Å². The summed E-state index contributed by atoms with van der Waals surface area (Å²) in [6.45, 7) is 9.39. The highest BCUT2D eigenvalue weighted by atomic mass is 79.9. The molecule has 0 spiro atoms. The molecule has 112 valence electrons. The van der Waals surface area contributed by atoms with Crippen molar-refractivity contribution in [1.29, 1.82) is 0 Å². The Kier molecular flexibility index (Phi) is 6.33. The maximum atomic E-state index is 6.03. The summed E-state index contributed by atoms with van der Waals surface area (Å²) in [5.74, 6) is 0.986. The van der Waals surface area contributed by atoms with Crippen LogP contribution in [-0.4, -0.2) is 37.2 Å². The van der Waals surface area contributed by atoms with Gasteiger partial charge in [0.05, 0.1) is 4.47 Å². The number of nitrogens with one attached hydrogen (secondary N) is 1. The summed E-state index contributed by atoms with van der Waals surface area (Å²) in [7, 11) is 0. The predicted molar refractivity (Wildman–Crippen MR) is 87.3 cm³/mol. The first-order valence-corrected chi connectivity index (χ1v) is 8.32. The molecule has 0 aliphatic carbocycles. The summed E-state index contributed by atoms with van der Waals surface area (Å²) in [5, 5.41) is 3.45. The zero-order valence-corrected chi connectivity index (χ0v) is 14.1. The van der Waals surface area contributed by atoms with E-state index in [0.29, 0.717) is 6.04 Å². The SMILES string of the molecule is CC(C)NCc1cccc(Br)c1OCCN1CCCC1. The largest absolute Gasteiger partial charge is 0.491 e. The van der Waals surface area contributed by atoms with Gasteiger partial charge < -0.3 is 10.1 Å². The molecule has 0 bridgehead atoms. The lowest BCUT2D eigenvalue weighted by molar-refractivity contribution is 0.235. The number of hydrogen-bond donors (Lipinski definition) is 1. The fourth-order valence-corrected chi connectivity index (χ4v) is 2.97. The van der Waals surface area contributed by atoms with E-state index >= 15 is 0 Å². The average molecular weight is 341 g/mol. The van der Waals surface area contributed by atoms with Crippen molar-refractivity contribution < 1.29 is 4.74 Å². The molecule has 1 aromatic carbocycles. The van der Waals surface area contributed by atoms with Crippen LogP contribution in [0.4, 0.5) is 0 Å². The molecule has 0 saturated carbocycles. The van der Waals surface area contributed by atoms with Crippen LogP contribution in [-0.2, 0) is 6.54 Å². The van der Waals surface area contributed by atoms with Gasteiger partial charge in [-0.15, -0.1) is 0 Å². The van der Waals surface area contributed by atoms with Gasteiger partial charge in [-0.05, 0) is 47.9 Å². The molecule has 0 aromatic heterocycles. The van der Waals surface area contributed by atoms with Gasteiger partial charge in [0.2, 0.25) is 0 Å². The normalized spacial score (nSPS) is 16.0. The van der Waals surface area contributed by atoms with E-state index in [-0.39, 0.29) is 0 Å². The molecule has 3 nitrogen and oxygen atoms in total. The van der Waals surface area contributed by atoms with Crippen LogP contribution in [0.5, 0.6) is 5.75 Å². The number of ether oxygens (including phenoxy) is 1. The second-order valence-electron chi connectivity index (χ2n) is 5.66. The van der Waals surface area contributed by atoms with Crippen LogP contribution in [0.1, 0.15) is 32.3 Å². The summed E-state index contributed by atoms with van der Waals surface area (Å²) in [5.41, 5.74) is 1.22. The van der Waals surface area contributed by atoms with Gasteiger partial charge in [0.15, 0.2) is 0 Å².